The maximum Gasteiger partial charge on any atom is 0.256 e. The lowest BCUT2D eigenvalue weighted by atomic mass is 10.1. The number of piperazine rings is 1. The molecule has 0 saturated carbocycles. The highest BCUT2D eigenvalue weighted by Crippen LogP contribution is 2.22. The third kappa shape index (κ3) is 5.64. The van der Waals surface area contributed by atoms with Crippen LogP contribution in [0.3, 0.4) is 0 Å². The summed E-state index contributed by atoms with van der Waals surface area (Å²) in [5.41, 5.74) is 2.46. The highest BCUT2D eigenvalue weighted by atomic mass is 16.2. The Bertz CT molecular complexity index is 870. The molecule has 4 rings (SSSR count). The fourth-order valence-corrected chi connectivity index (χ4v) is 4.35. The van der Waals surface area contributed by atoms with E-state index in [0.717, 1.165) is 50.4 Å². The van der Waals surface area contributed by atoms with E-state index in [4.69, 9.17) is 0 Å². The van der Waals surface area contributed by atoms with Crippen molar-refractivity contribution in [1.29, 1.82) is 0 Å². The van der Waals surface area contributed by atoms with Gasteiger partial charge in [-0.1, -0.05) is 43.2 Å². The summed E-state index contributed by atoms with van der Waals surface area (Å²) in [5, 5.41) is 3.36. The van der Waals surface area contributed by atoms with Crippen LogP contribution in [-0.4, -0.2) is 72.3 Å². The highest BCUT2D eigenvalue weighted by molar-refractivity contribution is 6.00. The van der Waals surface area contributed by atoms with Gasteiger partial charge in [0.2, 0.25) is 5.91 Å². The molecule has 0 atom stereocenters. The Morgan fingerprint density at radius 2 is 1.35 bits per heavy atom. The molecule has 0 unspecified atom stereocenters. The molecule has 6 heteroatoms. The van der Waals surface area contributed by atoms with Crippen molar-refractivity contribution < 1.29 is 9.59 Å². The number of hydrogen-bond donors (Lipinski definition) is 1. The summed E-state index contributed by atoms with van der Waals surface area (Å²) in [6.07, 6.45) is 4.69. The molecule has 0 aromatic heterocycles. The molecule has 2 aliphatic rings. The van der Waals surface area contributed by atoms with Crippen LogP contribution in [-0.2, 0) is 4.79 Å². The number of nitrogens with one attached hydrogen (secondary N) is 1. The normalized spacial score (nSPS) is 17.8. The van der Waals surface area contributed by atoms with E-state index in [9.17, 15) is 9.59 Å². The van der Waals surface area contributed by atoms with Gasteiger partial charge in [0.05, 0.1) is 17.8 Å². The average Bonchev–Trinajstić information content (AvgIpc) is 3.10. The largest absolute Gasteiger partial charge is 0.355 e. The van der Waals surface area contributed by atoms with Crippen molar-refractivity contribution in [2.24, 2.45) is 0 Å². The van der Waals surface area contributed by atoms with Crippen molar-refractivity contribution in [2.45, 2.75) is 25.7 Å². The van der Waals surface area contributed by atoms with E-state index in [1.807, 2.05) is 64.4 Å². The Labute approximate surface area is 184 Å². The van der Waals surface area contributed by atoms with Crippen LogP contribution in [0.5, 0.6) is 0 Å². The molecule has 6 nitrogen and oxygen atoms in total. The maximum atomic E-state index is 13.2. The zero-order valence-electron chi connectivity index (χ0n) is 18.1. The molecular weight excluding hydrogens is 388 g/mol. The molecule has 2 fully saturated rings. The quantitative estimate of drug-likeness (QED) is 0.803. The first-order chi connectivity index (χ1) is 15.2. The minimum Gasteiger partial charge on any atom is -0.355 e. The van der Waals surface area contributed by atoms with Crippen LogP contribution in [0.15, 0.2) is 54.6 Å². The van der Waals surface area contributed by atoms with E-state index in [-0.39, 0.29) is 11.8 Å². The van der Waals surface area contributed by atoms with Gasteiger partial charge in [-0.3, -0.25) is 14.5 Å². The number of anilines is 2. The predicted molar refractivity (Wildman–Crippen MR) is 124 cm³/mol. The number of benzene rings is 2. The number of para-hydroxylation sites is 2. The number of carbonyl (C=O) groups is 2. The van der Waals surface area contributed by atoms with Crippen molar-refractivity contribution in [1.82, 2.24) is 14.7 Å². The third-order valence-electron chi connectivity index (χ3n) is 6.19. The van der Waals surface area contributed by atoms with Crippen LogP contribution in [0.25, 0.3) is 0 Å². The maximum absolute atomic E-state index is 13.2. The topological polar surface area (TPSA) is 55.9 Å². The van der Waals surface area contributed by atoms with E-state index in [1.165, 1.54) is 12.8 Å². The van der Waals surface area contributed by atoms with Crippen LogP contribution in [0, 0.1) is 0 Å². The number of nitrogens with zero attached hydrogens (tertiary/aromatic N) is 3. The Morgan fingerprint density at radius 3 is 2.06 bits per heavy atom. The molecule has 0 spiro atoms. The van der Waals surface area contributed by atoms with Gasteiger partial charge in [-0.25, -0.2) is 0 Å². The van der Waals surface area contributed by atoms with Gasteiger partial charge < -0.3 is 15.1 Å². The molecule has 0 bridgehead atoms. The summed E-state index contributed by atoms with van der Waals surface area (Å²) in [5.74, 6) is 0.275. The molecule has 31 heavy (non-hydrogen) atoms. The van der Waals surface area contributed by atoms with Gasteiger partial charge >= 0.3 is 0 Å². The highest BCUT2D eigenvalue weighted by Gasteiger charge is 2.26. The Kier molecular flexibility index (Phi) is 7.20. The lowest BCUT2D eigenvalue weighted by molar-refractivity contribution is -0.132. The molecule has 2 aliphatic heterocycles. The van der Waals surface area contributed by atoms with Crippen molar-refractivity contribution in [3.63, 3.8) is 0 Å². The number of rotatable bonds is 5. The summed E-state index contributed by atoms with van der Waals surface area (Å²) < 4.78 is 0. The van der Waals surface area contributed by atoms with Crippen molar-refractivity contribution >= 4 is 23.2 Å². The van der Waals surface area contributed by atoms with Gasteiger partial charge in [-0.15, -0.1) is 0 Å². The molecule has 164 valence electrons. The SMILES string of the molecule is O=C(CN1CCN(C(=O)c2ccccc2Nc2ccccc2)CC1)N1CCCCCC1. The van der Waals surface area contributed by atoms with E-state index in [2.05, 4.69) is 10.2 Å². The molecule has 2 saturated heterocycles. The number of amides is 2. The minimum absolute atomic E-state index is 0.0394. The smallest absolute Gasteiger partial charge is 0.256 e. The van der Waals surface area contributed by atoms with Crippen LogP contribution in [0.4, 0.5) is 11.4 Å². The second-order valence-electron chi connectivity index (χ2n) is 8.40. The number of carbonyl (C=O) groups excluding carboxylic acids is 2. The standard InChI is InChI=1S/C25H32N4O2/c30-24(28-14-8-1-2-9-15-28)20-27-16-18-29(19-17-27)25(31)22-12-6-7-13-23(22)26-21-10-4-3-5-11-21/h3-7,10-13,26H,1-2,8-9,14-20H2. The fraction of sp³-hybridized carbons (Fsp3) is 0.440. The lowest BCUT2D eigenvalue weighted by Crippen LogP contribution is -2.51. The predicted octanol–water partition coefficient (Wildman–Crippen LogP) is 3.59. The molecule has 2 amide bonds. The first-order valence-corrected chi connectivity index (χ1v) is 11.4. The molecule has 0 radical (unpaired) electrons. The Morgan fingerprint density at radius 1 is 0.710 bits per heavy atom. The van der Waals surface area contributed by atoms with Gasteiger partial charge in [0.1, 0.15) is 0 Å². The van der Waals surface area contributed by atoms with Crippen LogP contribution >= 0.6 is 0 Å². The molecule has 0 aliphatic carbocycles. The first kappa shape index (κ1) is 21.4. The second-order valence-corrected chi connectivity index (χ2v) is 8.40. The molecule has 2 aromatic rings. The zero-order chi connectivity index (χ0) is 21.5. The van der Waals surface area contributed by atoms with Gasteiger partial charge in [0.15, 0.2) is 0 Å². The van der Waals surface area contributed by atoms with E-state index >= 15 is 0 Å². The molecule has 1 N–H and O–H groups in total. The van der Waals surface area contributed by atoms with Crippen molar-refractivity contribution in [3.8, 4) is 0 Å². The third-order valence-corrected chi connectivity index (χ3v) is 6.19. The second kappa shape index (κ2) is 10.4. The molecule has 2 heterocycles. The Balaban J connectivity index is 1.33. The fourth-order valence-electron chi connectivity index (χ4n) is 4.35. The lowest BCUT2D eigenvalue weighted by Gasteiger charge is -2.35. The van der Waals surface area contributed by atoms with Gasteiger partial charge in [-0.2, -0.15) is 0 Å². The average molecular weight is 421 g/mol. The summed E-state index contributed by atoms with van der Waals surface area (Å²) in [7, 11) is 0. The summed E-state index contributed by atoms with van der Waals surface area (Å²) in [6.45, 7) is 5.01. The van der Waals surface area contributed by atoms with E-state index in [0.29, 0.717) is 25.2 Å². The van der Waals surface area contributed by atoms with Crippen LogP contribution in [0.2, 0.25) is 0 Å². The van der Waals surface area contributed by atoms with Gasteiger partial charge in [-0.05, 0) is 37.1 Å². The summed E-state index contributed by atoms with van der Waals surface area (Å²) in [4.78, 5) is 32.0. The summed E-state index contributed by atoms with van der Waals surface area (Å²) >= 11 is 0. The Hall–Kier alpha value is -2.86. The van der Waals surface area contributed by atoms with Gasteiger partial charge in [0.25, 0.3) is 5.91 Å². The molecule has 2 aromatic carbocycles. The molecular formula is C25H32N4O2. The number of hydrogen-bond acceptors (Lipinski definition) is 4. The minimum atomic E-state index is 0.0394. The van der Waals surface area contributed by atoms with E-state index in [1.54, 1.807) is 0 Å². The first-order valence-electron chi connectivity index (χ1n) is 11.4. The monoisotopic (exact) mass is 420 g/mol. The van der Waals surface area contributed by atoms with Crippen LogP contribution in [0.1, 0.15) is 36.0 Å². The van der Waals surface area contributed by atoms with Crippen LogP contribution < -0.4 is 5.32 Å². The van der Waals surface area contributed by atoms with Crippen molar-refractivity contribution in [2.75, 3.05) is 51.1 Å². The number of likely N-dealkylation sites (tertiary alicyclic amines) is 1. The van der Waals surface area contributed by atoms with Crippen molar-refractivity contribution in [3.05, 3.63) is 60.2 Å². The van der Waals surface area contributed by atoms with E-state index < -0.39 is 0 Å². The summed E-state index contributed by atoms with van der Waals surface area (Å²) in [6, 6.07) is 17.5. The zero-order valence-corrected chi connectivity index (χ0v) is 18.1. The van der Waals surface area contributed by atoms with Gasteiger partial charge in [0, 0.05) is 45.0 Å².